The molecule has 2 aromatic carbocycles. The summed E-state index contributed by atoms with van der Waals surface area (Å²) in [5.74, 6) is 6.06. The summed E-state index contributed by atoms with van der Waals surface area (Å²) in [5.41, 5.74) is 2.49. The zero-order valence-corrected chi connectivity index (χ0v) is 16.1. The first-order chi connectivity index (χ1) is 15.3. The summed E-state index contributed by atoms with van der Waals surface area (Å²) in [6.07, 6.45) is 6.91. The molecule has 31 heavy (non-hydrogen) atoms. The standard InChI is InChI=1S/C24H14FN5O/c25-20-5-2-1-4-17(20)7-12-22-24(29-21-6-3-13-27-23(21)28-22)31-19-10-8-18(9-11-19)30-15-14-26-16-30/h1-6,8-11,13-16H. The van der Waals surface area contributed by atoms with Crippen LogP contribution in [0.15, 0.2) is 85.6 Å². The van der Waals surface area contributed by atoms with E-state index in [9.17, 15) is 4.39 Å². The Morgan fingerprint density at radius 1 is 0.871 bits per heavy atom. The van der Waals surface area contributed by atoms with E-state index in [4.69, 9.17) is 4.74 Å². The van der Waals surface area contributed by atoms with Crippen molar-refractivity contribution in [2.45, 2.75) is 0 Å². The molecule has 0 aliphatic carbocycles. The average molecular weight is 407 g/mol. The predicted molar refractivity (Wildman–Crippen MR) is 113 cm³/mol. The number of aromatic nitrogens is 5. The Morgan fingerprint density at radius 3 is 2.55 bits per heavy atom. The van der Waals surface area contributed by atoms with E-state index in [1.54, 1.807) is 49.1 Å². The van der Waals surface area contributed by atoms with Crippen molar-refractivity contribution < 1.29 is 9.13 Å². The van der Waals surface area contributed by atoms with Crippen molar-refractivity contribution in [1.82, 2.24) is 24.5 Å². The molecule has 0 unspecified atom stereocenters. The van der Waals surface area contributed by atoms with Gasteiger partial charge in [-0.1, -0.05) is 18.1 Å². The molecular weight excluding hydrogens is 393 g/mol. The van der Waals surface area contributed by atoms with E-state index in [1.807, 2.05) is 35.0 Å². The van der Waals surface area contributed by atoms with Crippen LogP contribution in [0.2, 0.25) is 0 Å². The number of hydrogen-bond donors (Lipinski definition) is 0. The molecule has 0 bridgehead atoms. The maximum absolute atomic E-state index is 14.0. The monoisotopic (exact) mass is 407 g/mol. The zero-order chi connectivity index (χ0) is 21.0. The molecule has 3 aromatic heterocycles. The Labute approximate surface area is 177 Å². The van der Waals surface area contributed by atoms with Crippen molar-refractivity contribution in [2.24, 2.45) is 0 Å². The van der Waals surface area contributed by atoms with Gasteiger partial charge in [0.1, 0.15) is 17.1 Å². The number of fused-ring (bicyclic) bond motifs is 1. The Bertz CT molecular complexity index is 1420. The molecule has 0 amide bonds. The highest BCUT2D eigenvalue weighted by atomic mass is 19.1. The highest BCUT2D eigenvalue weighted by Gasteiger charge is 2.11. The molecule has 0 N–H and O–H groups in total. The van der Waals surface area contributed by atoms with Crippen molar-refractivity contribution in [1.29, 1.82) is 0 Å². The second-order valence-corrected chi connectivity index (χ2v) is 6.52. The molecule has 5 aromatic rings. The SMILES string of the molecule is Fc1ccccc1C#Cc1nc2ncccc2nc1Oc1ccc(-n2ccnc2)cc1. The Morgan fingerprint density at radius 2 is 1.74 bits per heavy atom. The van der Waals surface area contributed by atoms with Crippen molar-refractivity contribution in [3.63, 3.8) is 0 Å². The smallest absolute Gasteiger partial charge is 0.255 e. The lowest BCUT2D eigenvalue weighted by atomic mass is 10.2. The third kappa shape index (κ3) is 3.95. The van der Waals surface area contributed by atoms with Crippen LogP contribution in [0.1, 0.15) is 11.3 Å². The lowest BCUT2D eigenvalue weighted by molar-refractivity contribution is 0.461. The summed E-state index contributed by atoms with van der Waals surface area (Å²) in [4.78, 5) is 17.3. The van der Waals surface area contributed by atoms with Crippen LogP contribution in [0.3, 0.4) is 0 Å². The molecule has 0 fully saturated rings. The number of rotatable bonds is 3. The number of benzene rings is 2. The molecule has 6 nitrogen and oxygen atoms in total. The van der Waals surface area contributed by atoms with Gasteiger partial charge in [0.2, 0.25) is 0 Å². The van der Waals surface area contributed by atoms with Gasteiger partial charge in [0.25, 0.3) is 5.88 Å². The van der Waals surface area contributed by atoms with Gasteiger partial charge >= 0.3 is 0 Å². The van der Waals surface area contributed by atoms with Gasteiger partial charge in [0.05, 0.1) is 11.9 Å². The minimum absolute atomic E-state index is 0.222. The van der Waals surface area contributed by atoms with Gasteiger partial charge in [0.15, 0.2) is 11.3 Å². The fourth-order valence-electron chi connectivity index (χ4n) is 2.93. The number of halogens is 1. The van der Waals surface area contributed by atoms with Gasteiger partial charge in [-0.2, -0.15) is 0 Å². The summed E-state index contributed by atoms with van der Waals surface area (Å²) in [5, 5.41) is 0. The summed E-state index contributed by atoms with van der Waals surface area (Å²) < 4.78 is 21.8. The topological polar surface area (TPSA) is 65.7 Å². The van der Waals surface area contributed by atoms with Crippen LogP contribution < -0.4 is 4.74 Å². The second kappa shape index (κ2) is 8.05. The largest absolute Gasteiger partial charge is 0.437 e. The van der Waals surface area contributed by atoms with Crippen molar-refractivity contribution in [3.8, 4) is 29.2 Å². The van der Waals surface area contributed by atoms with Crippen LogP contribution in [0, 0.1) is 17.7 Å². The minimum Gasteiger partial charge on any atom is -0.437 e. The van der Waals surface area contributed by atoms with Crippen LogP contribution >= 0.6 is 0 Å². The molecular formula is C24H14FN5O. The predicted octanol–water partition coefficient (Wildman–Crippen LogP) is 4.54. The van der Waals surface area contributed by atoms with Crippen molar-refractivity contribution in [3.05, 3.63) is 103 Å². The van der Waals surface area contributed by atoms with E-state index in [0.717, 1.165) is 5.69 Å². The molecule has 3 heterocycles. The Hall–Kier alpha value is -4.57. The highest BCUT2D eigenvalue weighted by molar-refractivity contribution is 5.71. The van der Waals surface area contributed by atoms with Gasteiger partial charge in [-0.05, 0) is 54.5 Å². The maximum atomic E-state index is 14.0. The highest BCUT2D eigenvalue weighted by Crippen LogP contribution is 2.25. The molecule has 0 saturated heterocycles. The zero-order valence-electron chi connectivity index (χ0n) is 16.1. The van der Waals surface area contributed by atoms with Gasteiger partial charge < -0.3 is 9.30 Å². The van der Waals surface area contributed by atoms with E-state index >= 15 is 0 Å². The van der Waals surface area contributed by atoms with Crippen LogP contribution in [0.4, 0.5) is 4.39 Å². The molecule has 0 saturated carbocycles. The minimum atomic E-state index is -0.403. The summed E-state index contributed by atoms with van der Waals surface area (Å²) >= 11 is 0. The summed E-state index contributed by atoms with van der Waals surface area (Å²) in [6.45, 7) is 0. The third-order valence-electron chi connectivity index (χ3n) is 4.45. The third-order valence-corrected chi connectivity index (χ3v) is 4.45. The van der Waals surface area contributed by atoms with Crippen molar-refractivity contribution >= 4 is 11.2 Å². The summed E-state index contributed by atoms with van der Waals surface area (Å²) in [6, 6.07) is 17.3. The number of imidazole rings is 1. The van der Waals surface area contributed by atoms with E-state index in [0.29, 0.717) is 16.9 Å². The van der Waals surface area contributed by atoms with Gasteiger partial charge in [-0.3, -0.25) is 0 Å². The van der Waals surface area contributed by atoms with Gasteiger partial charge in [0, 0.05) is 24.3 Å². The molecule has 5 rings (SSSR count). The quantitative estimate of drug-likeness (QED) is 0.411. The van der Waals surface area contributed by atoms with E-state index in [2.05, 4.69) is 31.8 Å². The van der Waals surface area contributed by atoms with E-state index in [-0.39, 0.29) is 17.1 Å². The molecule has 0 aliphatic rings. The van der Waals surface area contributed by atoms with E-state index in [1.165, 1.54) is 6.07 Å². The maximum Gasteiger partial charge on any atom is 0.255 e. The van der Waals surface area contributed by atoms with Crippen molar-refractivity contribution in [2.75, 3.05) is 0 Å². The summed E-state index contributed by atoms with van der Waals surface area (Å²) in [7, 11) is 0. The first kappa shape index (κ1) is 18.5. The molecule has 0 aliphatic heterocycles. The number of ether oxygens (including phenoxy) is 1. The second-order valence-electron chi connectivity index (χ2n) is 6.52. The van der Waals surface area contributed by atoms with Crippen LogP contribution in [0.25, 0.3) is 16.9 Å². The van der Waals surface area contributed by atoms with Gasteiger partial charge in [-0.25, -0.2) is 24.3 Å². The molecule has 7 heteroatoms. The fraction of sp³-hybridized carbons (Fsp3) is 0. The van der Waals surface area contributed by atoms with Crippen LogP contribution in [-0.4, -0.2) is 24.5 Å². The normalized spacial score (nSPS) is 10.5. The molecule has 148 valence electrons. The number of nitrogens with zero attached hydrogens (tertiary/aromatic N) is 5. The number of pyridine rings is 1. The average Bonchev–Trinajstić information content (AvgIpc) is 3.34. The van der Waals surface area contributed by atoms with E-state index < -0.39 is 5.82 Å². The lowest BCUT2D eigenvalue weighted by Gasteiger charge is -2.08. The number of hydrogen-bond acceptors (Lipinski definition) is 5. The molecule has 0 spiro atoms. The fourth-order valence-corrected chi connectivity index (χ4v) is 2.93. The first-order valence-electron chi connectivity index (χ1n) is 9.42. The molecule has 0 radical (unpaired) electrons. The van der Waals surface area contributed by atoms with Crippen LogP contribution in [0.5, 0.6) is 11.6 Å². The van der Waals surface area contributed by atoms with Crippen LogP contribution in [-0.2, 0) is 0 Å². The lowest BCUT2D eigenvalue weighted by Crippen LogP contribution is -1.98. The Kier molecular flexibility index (Phi) is 4.79. The molecule has 0 atom stereocenters. The first-order valence-corrected chi connectivity index (χ1v) is 9.42. The van der Waals surface area contributed by atoms with Gasteiger partial charge in [-0.15, -0.1) is 0 Å². The Balaban J connectivity index is 1.53.